The minimum atomic E-state index is 0.808. The van der Waals surface area contributed by atoms with Gasteiger partial charge in [0.15, 0.2) is 0 Å². The molecular weight excluding hydrogens is 306 g/mol. The molecule has 0 saturated carbocycles. The Balaban J connectivity index is 2.63. The summed E-state index contributed by atoms with van der Waals surface area (Å²) in [6, 6.07) is 16.2. The van der Waals surface area contributed by atoms with Gasteiger partial charge in [-0.1, -0.05) is 48.0 Å². The van der Waals surface area contributed by atoms with Gasteiger partial charge in [-0.2, -0.15) is 0 Å². The molecule has 0 fully saturated rings. The highest BCUT2D eigenvalue weighted by Gasteiger charge is 2.05. The molecule has 0 aliphatic rings. The molecule has 0 atom stereocenters. The van der Waals surface area contributed by atoms with Gasteiger partial charge in [-0.15, -0.1) is 0 Å². The third-order valence-corrected chi connectivity index (χ3v) is 3.24. The van der Waals surface area contributed by atoms with Gasteiger partial charge >= 0.3 is 0 Å². The molecule has 0 amide bonds. The highest BCUT2D eigenvalue weighted by atomic mass is 127. The topological polar surface area (TPSA) is 0 Å². The first-order valence-corrected chi connectivity index (χ1v) is 5.74. The molecule has 0 bridgehead atoms. The predicted molar refractivity (Wildman–Crippen MR) is 69.6 cm³/mol. The lowest BCUT2D eigenvalue weighted by molar-refractivity contribution is 1.58. The fraction of sp³-hybridized carbons (Fsp3) is 0. The van der Waals surface area contributed by atoms with Crippen molar-refractivity contribution in [2.75, 3.05) is 0 Å². The molecule has 0 N–H and O–H groups in total. The molecule has 70 valence electrons. The predicted octanol–water partition coefficient (Wildman–Crippen LogP) is 4.61. The molecule has 0 radical (unpaired) electrons. The second-order valence-corrected chi connectivity index (χ2v) is 4.53. The van der Waals surface area contributed by atoms with Crippen molar-refractivity contribution in [2.45, 2.75) is 0 Å². The van der Waals surface area contributed by atoms with Crippen LogP contribution in [0.4, 0.5) is 0 Å². The Morgan fingerprint density at radius 1 is 0.857 bits per heavy atom. The van der Waals surface area contributed by atoms with Crippen LogP contribution in [0.2, 0.25) is 5.02 Å². The summed E-state index contributed by atoms with van der Waals surface area (Å²) in [5, 5.41) is 0.808. The molecule has 0 nitrogen and oxygen atoms in total. The summed E-state index contributed by atoms with van der Waals surface area (Å²) in [7, 11) is 0. The van der Waals surface area contributed by atoms with E-state index in [1.807, 2.05) is 30.3 Å². The average Bonchev–Trinajstić information content (AvgIpc) is 2.19. The molecule has 2 aromatic carbocycles. The average molecular weight is 315 g/mol. The molecule has 2 rings (SSSR count). The molecule has 0 aromatic heterocycles. The van der Waals surface area contributed by atoms with E-state index < -0.39 is 0 Å². The lowest BCUT2D eigenvalue weighted by atomic mass is 10.1. The third kappa shape index (κ3) is 1.93. The zero-order chi connectivity index (χ0) is 9.97. The largest absolute Gasteiger partial charge is 0.0836 e. The van der Waals surface area contributed by atoms with Gasteiger partial charge in [0.2, 0.25) is 0 Å². The first kappa shape index (κ1) is 9.99. The van der Waals surface area contributed by atoms with Crippen LogP contribution in [0.5, 0.6) is 0 Å². The summed E-state index contributed by atoms with van der Waals surface area (Å²) < 4.78 is 1.18. The number of benzene rings is 2. The van der Waals surface area contributed by atoms with Crippen LogP contribution >= 0.6 is 34.2 Å². The van der Waals surface area contributed by atoms with Gasteiger partial charge in [-0.3, -0.25) is 0 Å². The zero-order valence-electron chi connectivity index (χ0n) is 7.37. The monoisotopic (exact) mass is 314 g/mol. The lowest BCUT2D eigenvalue weighted by Crippen LogP contribution is -1.83. The van der Waals surface area contributed by atoms with Crippen molar-refractivity contribution in [3.63, 3.8) is 0 Å². The van der Waals surface area contributed by atoms with E-state index in [2.05, 4.69) is 40.8 Å². The molecule has 0 heterocycles. The molecular formula is C12H8ClI. The normalized spacial score (nSPS) is 10.1. The maximum atomic E-state index is 6.16. The summed E-state index contributed by atoms with van der Waals surface area (Å²) in [5.74, 6) is 0. The standard InChI is InChI=1S/C12H8ClI/c13-10-7-4-8-11(14)12(10)9-5-2-1-3-6-9/h1-8H. The minimum Gasteiger partial charge on any atom is -0.0836 e. The van der Waals surface area contributed by atoms with E-state index in [-0.39, 0.29) is 0 Å². The molecule has 2 aromatic rings. The summed E-state index contributed by atoms with van der Waals surface area (Å²) in [5.41, 5.74) is 2.29. The second-order valence-electron chi connectivity index (χ2n) is 2.96. The van der Waals surface area contributed by atoms with Crippen LogP contribution in [0.25, 0.3) is 11.1 Å². The molecule has 0 aliphatic heterocycles. The maximum Gasteiger partial charge on any atom is 0.0495 e. The van der Waals surface area contributed by atoms with Crippen molar-refractivity contribution in [2.24, 2.45) is 0 Å². The smallest absolute Gasteiger partial charge is 0.0495 e. The highest BCUT2D eigenvalue weighted by Crippen LogP contribution is 2.31. The Kier molecular flexibility index (Phi) is 3.08. The SMILES string of the molecule is Clc1cccc(I)c1-c1ccccc1. The fourth-order valence-electron chi connectivity index (χ4n) is 1.38. The molecule has 2 heteroatoms. The lowest BCUT2D eigenvalue weighted by Gasteiger charge is -2.06. The van der Waals surface area contributed by atoms with Gasteiger partial charge in [-0.05, 0) is 40.3 Å². The van der Waals surface area contributed by atoms with E-state index in [1.165, 1.54) is 9.13 Å². The quantitative estimate of drug-likeness (QED) is 0.674. The third-order valence-electron chi connectivity index (χ3n) is 2.03. The first-order valence-electron chi connectivity index (χ1n) is 4.28. The zero-order valence-corrected chi connectivity index (χ0v) is 10.3. The Bertz CT molecular complexity index is 417. The van der Waals surface area contributed by atoms with Crippen LogP contribution in [0, 0.1) is 3.57 Å². The molecule has 0 saturated heterocycles. The molecule has 0 unspecified atom stereocenters. The Morgan fingerprint density at radius 3 is 2.21 bits per heavy atom. The van der Waals surface area contributed by atoms with E-state index >= 15 is 0 Å². The van der Waals surface area contributed by atoms with Gasteiger partial charge < -0.3 is 0 Å². The summed E-state index contributed by atoms with van der Waals surface area (Å²) in [6.07, 6.45) is 0. The molecule has 0 aliphatic carbocycles. The van der Waals surface area contributed by atoms with Crippen molar-refractivity contribution < 1.29 is 0 Å². The number of rotatable bonds is 1. The van der Waals surface area contributed by atoms with Crippen LogP contribution in [0.15, 0.2) is 48.5 Å². The maximum absolute atomic E-state index is 6.16. The van der Waals surface area contributed by atoms with E-state index in [0.29, 0.717) is 0 Å². The Morgan fingerprint density at radius 2 is 1.57 bits per heavy atom. The van der Waals surface area contributed by atoms with Crippen LogP contribution in [-0.2, 0) is 0 Å². The van der Waals surface area contributed by atoms with Crippen molar-refractivity contribution in [1.29, 1.82) is 0 Å². The van der Waals surface area contributed by atoms with E-state index in [1.54, 1.807) is 0 Å². The Labute approximate surface area is 102 Å². The van der Waals surface area contributed by atoms with Crippen LogP contribution in [0.1, 0.15) is 0 Å². The summed E-state index contributed by atoms with van der Waals surface area (Å²) in [6.45, 7) is 0. The molecule has 14 heavy (non-hydrogen) atoms. The van der Waals surface area contributed by atoms with Crippen LogP contribution < -0.4 is 0 Å². The van der Waals surface area contributed by atoms with E-state index in [0.717, 1.165) is 10.6 Å². The Hall–Kier alpha value is -0.540. The van der Waals surface area contributed by atoms with Crippen molar-refractivity contribution in [1.82, 2.24) is 0 Å². The number of halogens is 2. The second kappa shape index (κ2) is 4.32. The van der Waals surface area contributed by atoms with Gasteiger partial charge in [0.05, 0.1) is 0 Å². The van der Waals surface area contributed by atoms with E-state index in [9.17, 15) is 0 Å². The van der Waals surface area contributed by atoms with Crippen molar-refractivity contribution in [3.8, 4) is 11.1 Å². The molecule has 0 spiro atoms. The van der Waals surface area contributed by atoms with Gasteiger partial charge in [0.1, 0.15) is 0 Å². The minimum absolute atomic E-state index is 0.808. The number of hydrogen-bond acceptors (Lipinski definition) is 0. The fourth-order valence-corrected chi connectivity index (χ4v) is 2.63. The van der Waals surface area contributed by atoms with Gasteiger partial charge in [0, 0.05) is 14.2 Å². The van der Waals surface area contributed by atoms with Gasteiger partial charge in [0.25, 0.3) is 0 Å². The highest BCUT2D eigenvalue weighted by molar-refractivity contribution is 14.1. The van der Waals surface area contributed by atoms with E-state index in [4.69, 9.17) is 11.6 Å². The van der Waals surface area contributed by atoms with Gasteiger partial charge in [-0.25, -0.2) is 0 Å². The van der Waals surface area contributed by atoms with Crippen molar-refractivity contribution in [3.05, 3.63) is 57.1 Å². The summed E-state index contributed by atoms with van der Waals surface area (Å²) in [4.78, 5) is 0. The first-order chi connectivity index (χ1) is 6.79. The number of hydrogen-bond donors (Lipinski definition) is 0. The van der Waals surface area contributed by atoms with Crippen LogP contribution in [-0.4, -0.2) is 0 Å². The summed E-state index contributed by atoms with van der Waals surface area (Å²) >= 11 is 8.46. The van der Waals surface area contributed by atoms with Crippen LogP contribution in [0.3, 0.4) is 0 Å². The van der Waals surface area contributed by atoms with Crippen molar-refractivity contribution >= 4 is 34.2 Å².